The van der Waals surface area contributed by atoms with Gasteiger partial charge in [-0.2, -0.15) is 0 Å². The van der Waals surface area contributed by atoms with Crippen molar-refractivity contribution in [1.29, 1.82) is 0 Å². The maximum Gasteiger partial charge on any atom is 0.340 e. The van der Waals surface area contributed by atoms with Gasteiger partial charge < -0.3 is 20.1 Å². The van der Waals surface area contributed by atoms with Gasteiger partial charge in [0.15, 0.2) is 0 Å². The number of esters is 1. The van der Waals surface area contributed by atoms with E-state index in [9.17, 15) is 9.18 Å². The average Bonchev–Trinajstić information content (AvgIpc) is 3.25. The Balaban J connectivity index is 2.35. The van der Waals surface area contributed by atoms with E-state index in [4.69, 9.17) is 10.5 Å². The van der Waals surface area contributed by atoms with Crippen LogP contribution in [0.25, 0.3) is 0 Å². The van der Waals surface area contributed by atoms with Crippen molar-refractivity contribution >= 4 is 17.3 Å². The first-order chi connectivity index (χ1) is 9.58. The predicted octanol–water partition coefficient (Wildman–Crippen LogP) is 1.81. The van der Waals surface area contributed by atoms with Crippen LogP contribution >= 0.6 is 0 Å². The van der Waals surface area contributed by atoms with Gasteiger partial charge in [0.05, 0.1) is 25.0 Å². The van der Waals surface area contributed by atoms with Crippen molar-refractivity contribution in [3.63, 3.8) is 0 Å². The van der Waals surface area contributed by atoms with Crippen LogP contribution in [0.3, 0.4) is 0 Å². The number of methoxy groups -OCH3 is 2. The van der Waals surface area contributed by atoms with Crippen LogP contribution in [0.4, 0.5) is 15.8 Å². The van der Waals surface area contributed by atoms with Gasteiger partial charge in [0.2, 0.25) is 0 Å². The van der Waals surface area contributed by atoms with Crippen LogP contribution in [-0.4, -0.2) is 39.4 Å². The van der Waals surface area contributed by atoms with Crippen molar-refractivity contribution in [2.24, 2.45) is 0 Å². The number of rotatable bonds is 6. The number of nitrogens with two attached hydrogens (primary N) is 1. The molecular weight excluding hydrogens is 263 g/mol. The van der Waals surface area contributed by atoms with Gasteiger partial charge in [0.25, 0.3) is 0 Å². The fourth-order valence-corrected chi connectivity index (χ4v) is 2.16. The lowest BCUT2D eigenvalue weighted by Gasteiger charge is -2.25. The zero-order valence-corrected chi connectivity index (χ0v) is 11.7. The van der Waals surface area contributed by atoms with Gasteiger partial charge in [-0.25, -0.2) is 9.18 Å². The number of carbonyl (C=O) groups is 1. The molecule has 0 aliphatic heterocycles. The van der Waals surface area contributed by atoms with Crippen LogP contribution in [0.1, 0.15) is 23.2 Å². The highest BCUT2D eigenvalue weighted by atomic mass is 19.1. The van der Waals surface area contributed by atoms with Crippen molar-refractivity contribution in [2.75, 3.05) is 38.0 Å². The Kier molecular flexibility index (Phi) is 4.44. The van der Waals surface area contributed by atoms with E-state index in [1.807, 2.05) is 4.90 Å². The molecule has 110 valence electrons. The first kappa shape index (κ1) is 14.6. The van der Waals surface area contributed by atoms with Gasteiger partial charge in [0, 0.05) is 25.4 Å². The van der Waals surface area contributed by atoms with Crippen LogP contribution < -0.4 is 10.6 Å². The second-order valence-electron chi connectivity index (χ2n) is 4.80. The summed E-state index contributed by atoms with van der Waals surface area (Å²) in [4.78, 5) is 13.6. The summed E-state index contributed by atoms with van der Waals surface area (Å²) in [6, 6.07) is 2.93. The molecule has 0 heterocycles. The monoisotopic (exact) mass is 282 g/mol. The topological polar surface area (TPSA) is 64.8 Å². The highest BCUT2D eigenvalue weighted by Gasteiger charge is 2.31. The summed E-state index contributed by atoms with van der Waals surface area (Å²) in [5, 5.41) is 0. The molecular formula is C14H19FN2O3. The molecule has 5 nitrogen and oxygen atoms in total. The second kappa shape index (κ2) is 6.09. The third-order valence-corrected chi connectivity index (χ3v) is 3.36. The van der Waals surface area contributed by atoms with E-state index in [0.29, 0.717) is 24.9 Å². The van der Waals surface area contributed by atoms with E-state index in [1.165, 1.54) is 19.2 Å². The zero-order valence-electron chi connectivity index (χ0n) is 11.7. The SMILES string of the molecule is COCCN(c1cc(C(=O)OC)c(N)cc1F)C1CC1. The van der Waals surface area contributed by atoms with Gasteiger partial charge in [0.1, 0.15) is 5.82 Å². The normalized spacial score (nSPS) is 14.2. The van der Waals surface area contributed by atoms with Crippen molar-refractivity contribution in [2.45, 2.75) is 18.9 Å². The van der Waals surface area contributed by atoms with Crippen LogP contribution in [0, 0.1) is 5.82 Å². The molecule has 0 amide bonds. The quantitative estimate of drug-likeness (QED) is 0.637. The molecule has 1 fully saturated rings. The molecule has 1 aromatic carbocycles. The minimum Gasteiger partial charge on any atom is -0.465 e. The number of nitrogen functional groups attached to an aromatic ring is 1. The highest BCUT2D eigenvalue weighted by Crippen LogP contribution is 2.34. The maximum atomic E-state index is 14.1. The summed E-state index contributed by atoms with van der Waals surface area (Å²) in [6.07, 6.45) is 2.03. The van der Waals surface area contributed by atoms with Gasteiger partial charge in [-0.05, 0) is 25.0 Å². The molecule has 6 heteroatoms. The first-order valence-electron chi connectivity index (χ1n) is 6.51. The Morgan fingerprint density at radius 3 is 2.70 bits per heavy atom. The van der Waals surface area contributed by atoms with Gasteiger partial charge in [-0.3, -0.25) is 0 Å². The summed E-state index contributed by atoms with van der Waals surface area (Å²) < 4.78 is 23.9. The maximum absolute atomic E-state index is 14.1. The lowest BCUT2D eigenvalue weighted by atomic mass is 10.1. The molecule has 20 heavy (non-hydrogen) atoms. The molecule has 0 aromatic heterocycles. The number of hydrogen-bond acceptors (Lipinski definition) is 5. The lowest BCUT2D eigenvalue weighted by molar-refractivity contribution is 0.0602. The van der Waals surface area contributed by atoms with E-state index in [1.54, 1.807) is 7.11 Å². The molecule has 1 aliphatic carbocycles. The lowest BCUT2D eigenvalue weighted by Crippen LogP contribution is -2.30. The minimum absolute atomic E-state index is 0.0839. The number of anilines is 2. The Bertz CT molecular complexity index is 503. The number of benzene rings is 1. The van der Waals surface area contributed by atoms with Crippen LogP contribution in [0.5, 0.6) is 0 Å². The molecule has 0 saturated heterocycles. The van der Waals surface area contributed by atoms with E-state index < -0.39 is 11.8 Å². The van der Waals surface area contributed by atoms with E-state index >= 15 is 0 Å². The number of ether oxygens (including phenoxy) is 2. The highest BCUT2D eigenvalue weighted by molar-refractivity contribution is 5.96. The fraction of sp³-hybridized carbons (Fsp3) is 0.500. The molecule has 0 atom stereocenters. The molecule has 0 unspecified atom stereocenters. The molecule has 2 N–H and O–H groups in total. The molecule has 2 rings (SSSR count). The van der Waals surface area contributed by atoms with Gasteiger partial charge >= 0.3 is 5.97 Å². The Morgan fingerprint density at radius 2 is 2.15 bits per heavy atom. The summed E-state index contributed by atoms with van der Waals surface area (Å²) >= 11 is 0. The molecule has 0 radical (unpaired) electrons. The average molecular weight is 282 g/mol. The van der Waals surface area contributed by atoms with Crippen LogP contribution in [-0.2, 0) is 9.47 Å². The van der Waals surface area contributed by atoms with E-state index in [0.717, 1.165) is 12.8 Å². The van der Waals surface area contributed by atoms with Crippen molar-refractivity contribution in [1.82, 2.24) is 0 Å². The fourth-order valence-electron chi connectivity index (χ4n) is 2.16. The number of nitrogens with zero attached hydrogens (tertiary/aromatic N) is 1. The first-order valence-corrected chi connectivity index (χ1v) is 6.51. The Hall–Kier alpha value is -1.82. The molecule has 0 bridgehead atoms. The number of carbonyl (C=O) groups excluding carboxylic acids is 1. The van der Waals surface area contributed by atoms with E-state index in [-0.39, 0.29) is 11.3 Å². The smallest absolute Gasteiger partial charge is 0.340 e. The van der Waals surface area contributed by atoms with E-state index in [2.05, 4.69) is 4.74 Å². The van der Waals surface area contributed by atoms with Crippen LogP contribution in [0.15, 0.2) is 12.1 Å². The standard InChI is InChI=1S/C14H19FN2O3/c1-19-6-5-17(9-3-4-9)13-7-10(14(18)20-2)12(16)8-11(13)15/h7-9H,3-6,16H2,1-2H3. The third-order valence-electron chi connectivity index (χ3n) is 3.36. The predicted molar refractivity (Wildman–Crippen MR) is 74.4 cm³/mol. The molecule has 1 saturated carbocycles. The van der Waals surface area contributed by atoms with Gasteiger partial charge in [-0.1, -0.05) is 0 Å². The summed E-state index contributed by atoms with van der Waals surface area (Å²) in [5.74, 6) is -0.996. The largest absolute Gasteiger partial charge is 0.465 e. The van der Waals surface area contributed by atoms with Crippen molar-refractivity contribution < 1.29 is 18.7 Å². The summed E-state index contributed by atoms with van der Waals surface area (Å²) in [5.41, 5.74) is 6.32. The van der Waals surface area contributed by atoms with Crippen molar-refractivity contribution in [3.05, 3.63) is 23.5 Å². The minimum atomic E-state index is -0.564. The Labute approximate surface area is 117 Å². The Morgan fingerprint density at radius 1 is 1.45 bits per heavy atom. The number of halogens is 1. The number of hydrogen-bond donors (Lipinski definition) is 1. The zero-order chi connectivity index (χ0) is 14.7. The summed E-state index contributed by atoms with van der Waals surface area (Å²) in [7, 11) is 2.87. The molecule has 0 spiro atoms. The van der Waals surface area contributed by atoms with Gasteiger partial charge in [-0.15, -0.1) is 0 Å². The summed E-state index contributed by atoms with van der Waals surface area (Å²) in [6.45, 7) is 1.07. The van der Waals surface area contributed by atoms with Crippen molar-refractivity contribution in [3.8, 4) is 0 Å². The molecule has 1 aliphatic rings. The second-order valence-corrected chi connectivity index (χ2v) is 4.80. The third kappa shape index (κ3) is 3.01. The molecule has 1 aromatic rings. The van der Waals surface area contributed by atoms with Crippen LogP contribution in [0.2, 0.25) is 0 Å².